The molecule has 4 heterocycles. The van der Waals surface area contributed by atoms with Crippen LogP contribution in [0.2, 0.25) is 0 Å². The molecular formula is C20H32O7. The zero-order valence-corrected chi connectivity index (χ0v) is 16.9. The van der Waals surface area contributed by atoms with Gasteiger partial charge in [0.15, 0.2) is 18.2 Å². The number of carbonyl (C=O) groups excluding carboxylic acids is 1. The molecule has 1 spiro atoms. The van der Waals surface area contributed by atoms with Gasteiger partial charge in [0.2, 0.25) is 5.79 Å². The van der Waals surface area contributed by atoms with Gasteiger partial charge in [-0.05, 0) is 44.9 Å². The molecule has 2 bridgehead atoms. The van der Waals surface area contributed by atoms with Crippen molar-refractivity contribution in [2.24, 2.45) is 29.6 Å². The van der Waals surface area contributed by atoms with Crippen molar-refractivity contribution < 1.29 is 33.5 Å². The number of rotatable bonds is 4. The molecule has 27 heavy (non-hydrogen) atoms. The van der Waals surface area contributed by atoms with E-state index in [-0.39, 0.29) is 30.3 Å². The molecule has 5 fully saturated rings. The van der Waals surface area contributed by atoms with Crippen LogP contribution >= 0.6 is 0 Å². The van der Waals surface area contributed by atoms with Crippen LogP contribution in [0, 0.1) is 29.6 Å². The Labute approximate surface area is 160 Å². The molecular weight excluding hydrogens is 352 g/mol. The molecule has 5 aliphatic rings. The van der Waals surface area contributed by atoms with E-state index in [9.17, 15) is 4.79 Å². The summed E-state index contributed by atoms with van der Waals surface area (Å²) in [5.41, 5.74) is -0.582. The van der Waals surface area contributed by atoms with Gasteiger partial charge in [0.05, 0.1) is 19.6 Å². The van der Waals surface area contributed by atoms with E-state index in [0.717, 1.165) is 25.7 Å². The molecule has 4 aliphatic heterocycles. The number of hydrogen-bond donors (Lipinski definition) is 0. The zero-order valence-electron chi connectivity index (χ0n) is 16.9. The number of fused-ring (bicyclic) bond motifs is 2. The van der Waals surface area contributed by atoms with E-state index in [2.05, 4.69) is 13.8 Å². The second kappa shape index (κ2) is 6.95. The van der Waals surface area contributed by atoms with E-state index >= 15 is 0 Å². The molecule has 1 unspecified atom stereocenters. The van der Waals surface area contributed by atoms with E-state index in [4.69, 9.17) is 28.7 Å². The van der Waals surface area contributed by atoms with Crippen molar-refractivity contribution in [2.45, 2.75) is 77.3 Å². The third-order valence-electron chi connectivity index (χ3n) is 7.21. The van der Waals surface area contributed by atoms with Crippen molar-refractivity contribution in [2.75, 3.05) is 13.7 Å². The summed E-state index contributed by atoms with van der Waals surface area (Å²) in [7, 11) is 1.39. The fraction of sp³-hybridized carbons (Fsp3) is 0.950. The predicted molar refractivity (Wildman–Crippen MR) is 94.0 cm³/mol. The van der Waals surface area contributed by atoms with Crippen molar-refractivity contribution in [3.8, 4) is 0 Å². The largest absolute Gasteiger partial charge is 0.469 e. The molecule has 4 saturated heterocycles. The highest BCUT2D eigenvalue weighted by Gasteiger charge is 2.69. The van der Waals surface area contributed by atoms with Crippen molar-refractivity contribution in [3.05, 3.63) is 0 Å². The fourth-order valence-corrected chi connectivity index (χ4v) is 5.57. The van der Waals surface area contributed by atoms with Crippen LogP contribution in [0.15, 0.2) is 0 Å². The van der Waals surface area contributed by atoms with E-state index in [0.29, 0.717) is 11.8 Å². The lowest BCUT2D eigenvalue weighted by Gasteiger charge is -2.60. The minimum Gasteiger partial charge on any atom is -0.469 e. The first-order valence-corrected chi connectivity index (χ1v) is 10.2. The zero-order chi connectivity index (χ0) is 19.4. The average Bonchev–Trinajstić information content (AvgIpc) is 2.88. The molecule has 7 heteroatoms. The Morgan fingerprint density at radius 1 is 1.19 bits per heavy atom. The van der Waals surface area contributed by atoms with Crippen LogP contribution in [-0.2, 0) is 33.5 Å². The number of hydrogen-bond acceptors (Lipinski definition) is 7. The maximum Gasteiger partial charge on any atom is 0.310 e. The van der Waals surface area contributed by atoms with Gasteiger partial charge in [-0.3, -0.25) is 4.79 Å². The lowest BCUT2D eigenvalue weighted by molar-refractivity contribution is -0.577. The first kappa shape index (κ1) is 19.6. The van der Waals surface area contributed by atoms with Crippen molar-refractivity contribution in [1.82, 2.24) is 0 Å². The second-order valence-electron chi connectivity index (χ2n) is 9.03. The van der Waals surface area contributed by atoms with E-state index in [1.807, 2.05) is 6.92 Å². The third kappa shape index (κ3) is 3.02. The van der Waals surface area contributed by atoms with Crippen LogP contribution in [0.1, 0.15) is 53.4 Å². The van der Waals surface area contributed by atoms with Crippen molar-refractivity contribution in [1.29, 1.82) is 0 Å². The minimum atomic E-state index is -0.790. The summed E-state index contributed by atoms with van der Waals surface area (Å²) < 4.78 is 23.4. The van der Waals surface area contributed by atoms with Crippen molar-refractivity contribution >= 4 is 5.97 Å². The quantitative estimate of drug-likeness (QED) is 0.545. The number of ether oxygens (including phenoxy) is 4. The van der Waals surface area contributed by atoms with Crippen molar-refractivity contribution in [3.63, 3.8) is 0 Å². The standard InChI is InChI=1S/C20H32O7/c1-11-6-7-15-13(3)17(23-10-12(2)16(21)22-5)24-18-20(15)14(11)8-9-19(4,25-18)26-27-20/h11-15,17-18H,6-10H2,1-5H3/t11-,12-,13-,14+,15+,17?,18-,19-,20-/m1/s1. The van der Waals surface area contributed by atoms with Gasteiger partial charge in [-0.1, -0.05) is 13.8 Å². The van der Waals surface area contributed by atoms with Gasteiger partial charge in [0.25, 0.3) is 0 Å². The molecule has 0 aromatic rings. The van der Waals surface area contributed by atoms with Gasteiger partial charge >= 0.3 is 5.97 Å². The van der Waals surface area contributed by atoms with Gasteiger partial charge in [0, 0.05) is 18.3 Å². The first-order valence-electron chi connectivity index (χ1n) is 10.2. The Balaban J connectivity index is 1.57. The normalized spacial score (nSPS) is 49.8. The Morgan fingerprint density at radius 3 is 2.70 bits per heavy atom. The van der Waals surface area contributed by atoms with E-state index in [1.54, 1.807) is 6.92 Å². The molecule has 5 rings (SSSR count). The van der Waals surface area contributed by atoms with Gasteiger partial charge in [0.1, 0.15) is 0 Å². The SMILES string of the molecule is COC(=O)[C@H](C)COC1O[C@@H]2O[C@@]3(C)CC[C@H]4[C@H](C)CC[C@@H]([C@H]1C)[C@@]24OO3. The molecule has 1 aliphatic carbocycles. The van der Waals surface area contributed by atoms with Crippen LogP contribution in [-0.4, -0.2) is 43.7 Å². The summed E-state index contributed by atoms with van der Waals surface area (Å²) in [5.74, 6) is -0.219. The molecule has 0 aromatic carbocycles. The summed E-state index contributed by atoms with van der Waals surface area (Å²) >= 11 is 0. The van der Waals surface area contributed by atoms with Crippen LogP contribution in [0.3, 0.4) is 0 Å². The molecule has 9 atom stereocenters. The van der Waals surface area contributed by atoms with E-state index in [1.165, 1.54) is 7.11 Å². The van der Waals surface area contributed by atoms with Crippen LogP contribution in [0.4, 0.5) is 0 Å². The Bertz CT molecular complexity index is 583. The topological polar surface area (TPSA) is 72.5 Å². The molecule has 154 valence electrons. The highest BCUT2D eigenvalue weighted by atomic mass is 17.3. The number of methoxy groups -OCH3 is 1. The highest BCUT2D eigenvalue weighted by Crippen LogP contribution is 2.60. The number of carbonyl (C=O) groups is 1. The molecule has 0 aromatic heterocycles. The Hall–Kier alpha value is -0.730. The first-order chi connectivity index (χ1) is 12.8. The lowest BCUT2D eigenvalue weighted by atomic mass is 9.58. The van der Waals surface area contributed by atoms with Gasteiger partial charge in [-0.25, -0.2) is 9.78 Å². The van der Waals surface area contributed by atoms with Crippen LogP contribution in [0.25, 0.3) is 0 Å². The molecule has 0 radical (unpaired) electrons. The minimum absolute atomic E-state index is 0.107. The van der Waals surface area contributed by atoms with Gasteiger partial charge < -0.3 is 18.9 Å². The average molecular weight is 384 g/mol. The van der Waals surface area contributed by atoms with Crippen LogP contribution < -0.4 is 0 Å². The molecule has 0 N–H and O–H groups in total. The summed E-state index contributed by atoms with van der Waals surface area (Å²) in [6.45, 7) is 8.39. The van der Waals surface area contributed by atoms with Crippen LogP contribution in [0.5, 0.6) is 0 Å². The Morgan fingerprint density at radius 2 is 1.96 bits per heavy atom. The lowest BCUT2D eigenvalue weighted by Crippen LogP contribution is -2.70. The van der Waals surface area contributed by atoms with E-state index < -0.39 is 24.0 Å². The summed E-state index contributed by atoms with van der Waals surface area (Å²) in [5, 5.41) is 0. The predicted octanol–water partition coefficient (Wildman–Crippen LogP) is 3.02. The molecule has 7 nitrogen and oxygen atoms in total. The third-order valence-corrected chi connectivity index (χ3v) is 7.21. The number of esters is 1. The monoisotopic (exact) mass is 384 g/mol. The summed E-state index contributed by atoms with van der Waals surface area (Å²) in [6.07, 6.45) is 3.00. The van der Waals surface area contributed by atoms with Gasteiger partial charge in [-0.2, -0.15) is 0 Å². The molecule has 1 saturated carbocycles. The maximum atomic E-state index is 11.7. The fourth-order valence-electron chi connectivity index (χ4n) is 5.57. The van der Waals surface area contributed by atoms with Gasteiger partial charge in [-0.15, -0.1) is 0 Å². The summed E-state index contributed by atoms with van der Waals surface area (Å²) in [4.78, 5) is 23.6. The second-order valence-corrected chi connectivity index (χ2v) is 9.03. The Kier molecular flexibility index (Phi) is 5.04. The molecule has 0 amide bonds. The highest BCUT2D eigenvalue weighted by molar-refractivity contribution is 5.71. The maximum absolute atomic E-state index is 11.7. The summed E-state index contributed by atoms with van der Waals surface area (Å²) in [6, 6.07) is 0. The smallest absolute Gasteiger partial charge is 0.310 e.